The van der Waals surface area contributed by atoms with E-state index in [1.165, 1.54) is 0 Å². The number of carbonyl (C=O) groups is 2. The number of carboxylic acid groups (broad SMARTS) is 2. The Morgan fingerprint density at radius 2 is 0.960 bits per heavy atom. The Kier molecular flexibility index (Phi) is 20.2. The first kappa shape index (κ1) is 30.2. The molecule has 0 radical (unpaired) electrons. The van der Waals surface area contributed by atoms with Crippen molar-refractivity contribution in [3.8, 4) is 0 Å². The molecule has 0 aliphatic carbocycles. The standard InChI is InChI=1S/2C10H20O2.Ba/c2*1-4-6-7-8-10(3,5-2)9(11)12;/h2*4-8H2,1-3H3,(H,11,12);/q;;+2/p-2. The third-order valence-electron chi connectivity index (χ3n) is 5.21. The summed E-state index contributed by atoms with van der Waals surface area (Å²) in [5, 5.41) is 21.5. The van der Waals surface area contributed by atoms with Gasteiger partial charge in [-0.2, -0.15) is 0 Å². The minimum Gasteiger partial charge on any atom is -0.550 e. The molecule has 2 unspecified atom stereocenters. The maximum absolute atomic E-state index is 10.7. The molecule has 0 aliphatic rings. The van der Waals surface area contributed by atoms with Gasteiger partial charge < -0.3 is 19.8 Å². The van der Waals surface area contributed by atoms with E-state index in [-0.39, 0.29) is 48.9 Å². The Bertz CT molecular complexity index is 326. The van der Waals surface area contributed by atoms with Gasteiger partial charge in [-0.25, -0.2) is 0 Å². The van der Waals surface area contributed by atoms with Gasteiger partial charge in [-0.05, 0) is 25.7 Å². The number of carbonyl (C=O) groups excluding carboxylic acids is 2. The van der Waals surface area contributed by atoms with Gasteiger partial charge in [0.15, 0.2) is 0 Å². The van der Waals surface area contributed by atoms with Crippen LogP contribution in [-0.4, -0.2) is 60.8 Å². The van der Waals surface area contributed by atoms with Crippen LogP contribution < -0.4 is 10.2 Å². The predicted molar refractivity (Wildman–Crippen MR) is 101 cm³/mol. The van der Waals surface area contributed by atoms with Crippen LogP contribution in [0.5, 0.6) is 0 Å². The van der Waals surface area contributed by atoms with Crippen LogP contribution in [0, 0.1) is 10.8 Å². The number of aliphatic carboxylic acids is 2. The minimum absolute atomic E-state index is 0. The second-order valence-electron chi connectivity index (χ2n) is 7.32. The fourth-order valence-corrected chi connectivity index (χ4v) is 2.38. The monoisotopic (exact) mass is 480 g/mol. The molecule has 0 fully saturated rings. The summed E-state index contributed by atoms with van der Waals surface area (Å²) in [6, 6.07) is 0. The molecular weight excluding hydrogens is 442 g/mol. The van der Waals surface area contributed by atoms with Gasteiger partial charge in [-0.3, -0.25) is 0 Å². The number of rotatable bonds is 12. The van der Waals surface area contributed by atoms with Gasteiger partial charge in [0.05, 0.1) is 0 Å². The summed E-state index contributed by atoms with van der Waals surface area (Å²) in [4.78, 5) is 21.5. The fourth-order valence-electron chi connectivity index (χ4n) is 2.38. The largest absolute Gasteiger partial charge is 2.00 e. The molecule has 2 atom stereocenters. The molecule has 0 bridgehead atoms. The van der Waals surface area contributed by atoms with Crippen LogP contribution in [0.3, 0.4) is 0 Å². The van der Waals surface area contributed by atoms with E-state index in [9.17, 15) is 19.8 Å². The molecule has 0 aliphatic heterocycles. The van der Waals surface area contributed by atoms with Crippen LogP contribution in [-0.2, 0) is 9.59 Å². The van der Waals surface area contributed by atoms with Crippen LogP contribution in [0.15, 0.2) is 0 Å². The molecule has 0 rings (SSSR count). The normalized spacial score (nSPS) is 15.0. The molecule has 0 N–H and O–H groups in total. The van der Waals surface area contributed by atoms with E-state index in [2.05, 4.69) is 13.8 Å². The third-order valence-corrected chi connectivity index (χ3v) is 5.21. The molecule has 5 heteroatoms. The molecule has 0 heterocycles. The van der Waals surface area contributed by atoms with Crippen molar-refractivity contribution < 1.29 is 19.8 Å². The quantitative estimate of drug-likeness (QED) is 0.318. The van der Waals surface area contributed by atoms with Crippen molar-refractivity contribution in [3.05, 3.63) is 0 Å². The average Bonchev–Trinajstić information content (AvgIpc) is 2.55. The van der Waals surface area contributed by atoms with Crippen molar-refractivity contribution in [2.75, 3.05) is 0 Å². The molecule has 0 saturated carbocycles. The van der Waals surface area contributed by atoms with Crippen LogP contribution in [0.2, 0.25) is 0 Å². The van der Waals surface area contributed by atoms with E-state index < -0.39 is 22.8 Å². The Hall–Kier alpha value is 0.511. The Labute approximate surface area is 195 Å². The van der Waals surface area contributed by atoms with Gasteiger partial charge >= 0.3 is 48.9 Å². The van der Waals surface area contributed by atoms with E-state index in [1.54, 1.807) is 13.8 Å². The molecule has 0 aromatic rings. The fraction of sp³-hybridized carbons (Fsp3) is 0.900. The van der Waals surface area contributed by atoms with Crippen molar-refractivity contribution in [1.29, 1.82) is 0 Å². The van der Waals surface area contributed by atoms with Crippen molar-refractivity contribution in [3.63, 3.8) is 0 Å². The van der Waals surface area contributed by atoms with E-state index in [0.29, 0.717) is 12.8 Å². The number of carboxylic acids is 2. The van der Waals surface area contributed by atoms with Gasteiger partial charge in [0.25, 0.3) is 0 Å². The molecule has 0 saturated heterocycles. The Morgan fingerprint density at radius 1 is 0.680 bits per heavy atom. The average molecular weight is 480 g/mol. The molecule has 0 amide bonds. The first-order valence-corrected chi connectivity index (χ1v) is 9.56. The summed E-state index contributed by atoms with van der Waals surface area (Å²) in [5.74, 6) is -1.80. The molecule has 0 spiro atoms. The summed E-state index contributed by atoms with van der Waals surface area (Å²) < 4.78 is 0. The second kappa shape index (κ2) is 16.7. The summed E-state index contributed by atoms with van der Waals surface area (Å²) in [5.41, 5.74) is -1.20. The van der Waals surface area contributed by atoms with Crippen molar-refractivity contribution in [1.82, 2.24) is 0 Å². The summed E-state index contributed by atoms with van der Waals surface area (Å²) >= 11 is 0. The number of hydrogen-bond acceptors (Lipinski definition) is 4. The van der Waals surface area contributed by atoms with Crippen LogP contribution >= 0.6 is 0 Å². The van der Waals surface area contributed by atoms with Crippen molar-refractivity contribution in [2.45, 2.75) is 106 Å². The molecule has 144 valence electrons. The van der Waals surface area contributed by atoms with E-state index in [1.807, 2.05) is 13.8 Å². The molecule has 0 aromatic carbocycles. The van der Waals surface area contributed by atoms with Crippen molar-refractivity contribution >= 4 is 60.8 Å². The molecule has 0 aromatic heterocycles. The minimum atomic E-state index is -0.902. The second-order valence-corrected chi connectivity index (χ2v) is 7.32. The van der Waals surface area contributed by atoms with Gasteiger partial charge in [-0.15, -0.1) is 0 Å². The van der Waals surface area contributed by atoms with E-state index >= 15 is 0 Å². The van der Waals surface area contributed by atoms with Crippen LogP contribution in [0.4, 0.5) is 0 Å². The Morgan fingerprint density at radius 3 is 1.12 bits per heavy atom. The van der Waals surface area contributed by atoms with E-state index in [4.69, 9.17) is 0 Å². The zero-order valence-corrected chi connectivity index (χ0v) is 21.9. The first-order chi connectivity index (χ1) is 11.1. The smallest absolute Gasteiger partial charge is 0.550 e. The van der Waals surface area contributed by atoms with Crippen molar-refractivity contribution in [2.24, 2.45) is 10.8 Å². The van der Waals surface area contributed by atoms with Crippen LogP contribution in [0.1, 0.15) is 106 Å². The summed E-state index contributed by atoms with van der Waals surface area (Å²) in [6.07, 6.45) is 9.31. The maximum Gasteiger partial charge on any atom is 2.00 e. The zero-order valence-electron chi connectivity index (χ0n) is 17.4. The first-order valence-electron chi connectivity index (χ1n) is 9.56. The van der Waals surface area contributed by atoms with Gasteiger partial charge in [0.2, 0.25) is 0 Å². The molecule has 4 nitrogen and oxygen atoms in total. The molecular formula is C20H38BaO4. The SMILES string of the molecule is CCCCCC(C)(CC)C(=O)[O-].CCCCCC(C)(CC)C(=O)[O-].[Ba+2]. The maximum atomic E-state index is 10.7. The van der Waals surface area contributed by atoms with Gasteiger partial charge in [0, 0.05) is 22.8 Å². The predicted octanol–water partition coefficient (Wildman–Crippen LogP) is 3.09. The third kappa shape index (κ3) is 13.3. The summed E-state index contributed by atoms with van der Waals surface area (Å²) in [6.45, 7) is 11.6. The van der Waals surface area contributed by atoms with E-state index in [0.717, 1.165) is 51.4 Å². The van der Waals surface area contributed by atoms with Gasteiger partial charge in [0.1, 0.15) is 0 Å². The number of unbranched alkanes of at least 4 members (excludes halogenated alkanes) is 4. The van der Waals surface area contributed by atoms with Crippen LogP contribution in [0.25, 0.3) is 0 Å². The Balaban J connectivity index is -0.000000372. The zero-order chi connectivity index (χ0) is 19.2. The molecule has 25 heavy (non-hydrogen) atoms. The van der Waals surface area contributed by atoms with Gasteiger partial charge in [-0.1, -0.05) is 80.1 Å². The topological polar surface area (TPSA) is 80.3 Å². The summed E-state index contributed by atoms with van der Waals surface area (Å²) in [7, 11) is 0. The number of hydrogen-bond donors (Lipinski definition) is 0.